The van der Waals surface area contributed by atoms with Crippen LogP contribution in [-0.2, 0) is 38.1 Å². The Hall–Kier alpha value is -4.69. The second kappa shape index (κ2) is 18.1. The summed E-state index contributed by atoms with van der Waals surface area (Å²) in [6.07, 6.45) is 3.06. The number of benzene rings is 2. The van der Waals surface area contributed by atoms with E-state index in [0.29, 0.717) is 64.7 Å². The number of nitrogens with one attached hydrogen (secondary N) is 3. The van der Waals surface area contributed by atoms with Gasteiger partial charge in [-0.2, -0.15) is 0 Å². The topological polar surface area (TPSA) is 171 Å². The van der Waals surface area contributed by atoms with Gasteiger partial charge in [0, 0.05) is 31.3 Å². The molecule has 4 atom stereocenters. The van der Waals surface area contributed by atoms with Crippen molar-refractivity contribution in [1.82, 2.24) is 20.9 Å². The largest absolute Gasteiger partial charge is 0.467 e. The fraction of sp³-hybridized carbons (Fsp3) is 0.595. The number of fused-ring (bicyclic) bond motifs is 3. The van der Waals surface area contributed by atoms with E-state index in [9.17, 15) is 24.0 Å². The Bertz CT molecular complexity index is 1690. The molecule has 0 bridgehead atoms. The van der Waals surface area contributed by atoms with Crippen molar-refractivity contribution in [3.05, 3.63) is 59.7 Å². The van der Waals surface area contributed by atoms with Gasteiger partial charge < -0.3 is 44.5 Å². The van der Waals surface area contributed by atoms with Crippen molar-refractivity contribution in [2.75, 3.05) is 40.0 Å². The number of esters is 1. The average Bonchev–Trinajstić information content (AvgIpc) is 3.80. The van der Waals surface area contributed by atoms with Gasteiger partial charge in [0.1, 0.15) is 24.3 Å². The van der Waals surface area contributed by atoms with Crippen LogP contribution in [0.25, 0.3) is 11.1 Å². The van der Waals surface area contributed by atoms with E-state index in [0.717, 1.165) is 22.3 Å². The Morgan fingerprint density at radius 1 is 0.893 bits per heavy atom. The van der Waals surface area contributed by atoms with Crippen LogP contribution in [0.2, 0.25) is 0 Å². The van der Waals surface area contributed by atoms with E-state index in [4.69, 9.17) is 23.7 Å². The molecule has 0 radical (unpaired) electrons. The third-order valence-electron chi connectivity index (χ3n) is 11.1. The number of carbonyl (C=O) groups is 5. The third-order valence-corrected chi connectivity index (χ3v) is 11.1. The van der Waals surface area contributed by atoms with Crippen molar-refractivity contribution in [2.45, 2.75) is 114 Å². The summed E-state index contributed by atoms with van der Waals surface area (Å²) >= 11 is 0. The zero-order valence-electron chi connectivity index (χ0n) is 32.9. The highest BCUT2D eigenvalue weighted by Crippen LogP contribution is 2.45. The van der Waals surface area contributed by atoms with Crippen molar-refractivity contribution in [3.63, 3.8) is 0 Å². The number of ether oxygens (including phenoxy) is 5. The van der Waals surface area contributed by atoms with Crippen LogP contribution < -0.4 is 16.0 Å². The zero-order valence-corrected chi connectivity index (χ0v) is 32.9. The molecule has 1 spiro atoms. The van der Waals surface area contributed by atoms with E-state index in [-0.39, 0.29) is 43.7 Å². The van der Waals surface area contributed by atoms with Gasteiger partial charge in [-0.1, -0.05) is 55.0 Å². The smallest absolute Gasteiger partial charge is 0.407 e. The number of rotatable bonds is 12. The lowest BCUT2D eigenvalue weighted by Gasteiger charge is -2.50. The fourth-order valence-electron chi connectivity index (χ4n) is 8.58. The lowest BCUT2D eigenvalue weighted by atomic mass is 9.76. The molecular weight excluding hydrogens is 720 g/mol. The van der Waals surface area contributed by atoms with Crippen molar-refractivity contribution in [1.29, 1.82) is 0 Å². The summed E-state index contributed by atoms with van der Waals surface area (Å²) in [5, 5.41) is 8.64. The molecule has 2 aliphatic heterocycles. The van der Waals surface area contributed by atoms with Crippen molar-refractivity contribution >= 4 is 30.0 Å². The van der Waals surface area contributed by atoms with Crippen LogP contribution in [0.1, 0.15) is 95.6 Å². The minimum Gasteiger partial charge on any atom is -0.467 e. The molecule has 0 unspecified atom stereocenters. The molecule has 2 aliphatic carbocycles. The molecule has 2 saturated heterocycles. The van der Waals surface area contributed by atoms with Crippen molar-refractivity contribution in [3.8, 4) is 11.1 Å². The molecule has 1 saturated carbocycles. The van der Waals surface area contributed by atoms with E-state index in [1.165, 1.54) is 7.11 Å². The predicted octanol–water partition coefficient (Wildman–Crippen LogP) is 5.17. The number of hydrogen-bond acceptors (Lipinski definition) is 10. The number of likely N-dealkylation sites (tertiary alicyclic amines) is 1. The summed E-state index contributed by atoms with van der Waals surface area (Å²) in [7, 11) is 1.32. The van der Waals surface area contributed by atoms with Gasteiger partial charge in [0.05, 0.1) is 26.4 Å². The first-order valence-electron chi connectivity index (χ1n) is 19.9. The second-order valence-corrected chi connectivity index (χ2v) is 16.0. The molecule has 2 heterocycles. The van der Waals surface area contributed by atoms with Gasteiger partial charge in [0.25, 0.3) is 0 Å². The Morgan fingerprint density at radius 2 is 1.57 bits per heavy atom. The maximum Gasteiger partial charge on any atom is 0.407 e. The number of carbonyl (C=O) groups excluding carboxylic acids is 5. The quantitative estimate of drug-likeness (QED) is 0.149. The molecule has 304 valence electrons. The molecule has 3 fully saturated rings. The maximum atomic E-state index is 14.2. The van der Waals surface area contributed by atoms with Crippen LogP contribution in [0.4, 0.5) is 9.59 Å². The van der Waals surface area contributed by atoms with Crippen LogP contribution in [0, 0.1) is 5.92 Å². The minimum absolute atomic E-state index is 0.0748. The van der Waals surface area contributed by atoms with Crippen LogP contribution in [0.3, 0.4) is 0 Å². The molecule has 2 aromatic carbocycles. The number of nitrogens with zero attached hydrogens (tertiary/aromatic N) is 1. The van der Waals surface area contributed by atoms with Crippen LogP contribution in [0.5, 0.6) is 0 Å². The van der Waals surface area contributed by atoms with Gasteiger partial charge in [-0.3, -0.25) is 9.59 Å². The molecule has 14 nitrogen and oxygen atoms in total. The number of alkyl carbamates (subject to hydrolysis) is 2. The summed E-state index contributed by atoms with van der Waals surface area (Å²) in [6, 6.07) is 13.8. The molecule has 6 rings (SSSR count). The Kier molecular flexibility index (Phi) is 13.2. The molecule has 3 N–H and O–H groups in total. The molecule has 0 aromatic heterocycles. The first-order chi connectivity index (χ1) is 26.9. The number of methoxy groups -OCH3 is 1. The van der Waals surface area contributed by atoms with E-state index in [1.54, 1.807) is 25.7 Å². The fourth-order valence-corrected chi connectivity index (χ4v) is 8.58. The summed E-state index contributed by atoms with van der Waals surface area (Å²) in [6.45, 7) is 6.85. The molecule has 4 aliphatic rings. The summed E-state index contributed by atoms with van der Waals surface area (Å²) in [4.78, 5) is 67.8. The summed E-state index contributed by atoms with van der Waals surface area (Å²) in [5.41, 5.74) is 3.67. The second-order valence-electron chi connectivity index (χ2n) is 16.0. The maximum absolute atomic E-state index is 14.2. The van der Waals surface area contributed by atoms with E-state index < -0.39 is 53.6 Å². The number of amides is 4. The lowest BCUT2D eigenvalue weighted by Crippen LogP contribution is -2.65. The van der Waals surface area contributed by atoms with Gasteiger partial charge in [0.2, 0.25) is 11.8 Å². The van der Waals surface area contributed by atoms with E-state index in [2.05, 4.69) is 28.1 Å². The Labute approximate surface area is 328 Å². The van der Waals surface area contributed by atoms with Crippen molar-refractivity contribution < 1.29 is 47.7 Å². The normalized spacial score (nSPS) is 22.0. The molecular formula is C42H56N4O10. The van der Waals surface area contributed by atoms with Crippen LogP contribution in [-0.4, -0.2) is 104 Å². The average molecular weight is 777 g/mol. The lowest BCUT2D eigenvalue weighted by molar-refractivity contribution is -0.316. The van der Waals surface area contributed by atoms with E-state index >= 15 is 0 Å². The first kappa shape index (κ1) is 41.0. The Morgan fingerprint density at radius 3 is 2.23 bits per heavy atom. The number of hydrogen-bond donors (Lipinski definition) is 3. The SMILES string of the molecule is COC(=O)[C@@H]1CCCN1C(=O)C[C@H]1CCC[C@@H](NC(=O)[C@H](CCCNC(=O)OC(C)(C)C)NC(=O)OCC2c3ccccc3-c3ccccc32)C12OCCCO2. The third kappa shape index (κ3) is 9.46. The monoisotopic (exact) mass is 776 g/mol. The zero-order chi connectivity index (χ0) is 39.9. The highest BCUT2D eigenvalue weighted by atomic mass is 16.7. The molecule has 4 amide bonds. The predicted molar refractivity (Wildman–Crippen MR) is 205 cm³/mol. The summed E-state index contributed by atoms with van der Waals surface area (Å²) in [5.74, 6) is -2.89. The Balaban J connectivity index is 1.14. The molecule has 2 aromatic rings. The minimum atomic E-state index is -1.27. The standard InChI is InChI=1S/C42H56N4O10/c1-41(2,3)56-39(50)43-21-10-18-33(44-40(51)53-26-32-30-16-7-5-14-28(30)29-15-6-8-17-31(29)32)37(48)45-35-20-9-13-27(42(35)54-23-12-24-55-42)25-36(47)46-22-11-19-34(46)38(49)52-4/h5-8,14-17,27,32-35H,9-13,18-26H2,1-4H3,(H,43,50)(H,44,51)(H,45,48)/t27-,33+,34+,35-/m1/s1. The van der Waals surface area contributed by atoms with Crippen LogP contribution >= 0.6 is 0 Å². The van der Waals surface area contributed by atoms with Gasteiger partial charge in [-0.15, -0.1) is 0 Å². The molecule has 56 heavy (non-hydrogen) atoms. The highest BCUT2D eigenvalue weighted by molar-refractivity contribution is 5.87. The van der Waals surface area contributed by atoms with E-state index in [1.807, 2.05) is 36.4 Å². The summed E-state index contributed by atoms with van der Waals surface area (Å²) < 4.78 is 28.9. The van der Waals surface area contributed by atoms with Gasteiger partial charge in [-0.05, 0) is 88.0 Å². The first-order valence-corrected chi connectivity index (χ1v) is 19.9. The van der Waals surface area contributed by atoms with Crippen LogP contribution in [0.15, 0.2) is 48.5 Å². The molecule has 14 heteroatoms. The van der Waals surface area contributed by atoms with Gasteiger partial charge in [0.15, 0.2) is 5.79 Å². The van der Waals surface area contributed by atoms with Crippen molar-refractivity contribution in [2.24, 2.45) is 5.92 Å². The van der Waals surface area contributed by atoms with Gasteiger partial charge in [-0.25, -0.2) is 14.4 Å². The highest BCUT2D eigenvalue weighted by Gasteiger charge is 2.53. The van der Waals surface area contributed by atoms with Gasteiger partial charge >= 0.3 is 18.2 Å².